The molecule has 2 aromatic carbocycles. The lowest BCUT2D eigenvalue weighted by Crippen LogP contribution is -2.29. The van der Waals surface area contributed by atoms with Gasteiger partial charge in [-0.2, -0.15) is 0 Å². The van der Waals surface area contributed by atoms with Crippen molar-refractivity contribution in [1.82, 2.24) is 0 Å². The first kappa shape index (κ1) is 14.3. The number of rotatable bonds is 2. The van der Waals surface area contributed by atoms with Gasteiger partial charge in [0.05, 0.1) is 16.5 Å². The molecule has 0 saturated carbocycles. The molecule has 0 spiro atoms. The lowest BCUT2D eigenvalue weighted by atomic mass is 9.76. The summed E-state index contributed by atoms with van der Waals surface area (Å²) < 4.78 is 0. The summed E-state index contributed by atoms with van der Waals surface area (Å²) in [4.78, 5) is 11.1. The van der Waals surface area contributed by atoms with E-state index in [4.69, 9.17) is 11.6 Å². The van der Waals surface area contributed by atoms with Crippen LogP contribution in [0.4, 0.5) is 11.4 Å². The third kappa shape index (κ3) is 2.30. The number of nitrogens with one attached hydrogen (secondary N) is 1. The van der Waals surface area contributed by atoms with Crippen LogP contribution in [-0.2, 0) is 0 Å². The standard InChI is InChI=1S/C18H15ClN2O2/c19-11-8-9-16-15(10-11)12-5-3-6-13(12)18(20-16)14-4-1-2-7-17(14)21(22)23/h1-5,7-10,12-13,18,20H,6H2/t12-,13-,18-/m1/s1. The van der Waals surface area contributed by atoms with E-state index in [1.807, 2.05) is 30.3 Å². The highest BCUT2D eigenvalue weighted by atomic mass is 35.5. The number of hydrogen-bond acceptors (Lipinski definition) is 3. The molecule has 0 unspecified atom stereocenters. The average molecular weight is 327 g/mol. The second-order valence-corrected chi connectivity index (χ2v) is 6.46. The van der Waals surface area contributed by atoms with Gasteiger partial charge in [-0.15, -0.1) is 0 Å². The van der Waals surface area contributed by atoms with Gasteiger partial charge in [0.2, 0.25) is 0 Å². The van der Waals surface area contributed by atoms with Crippen LogP contribution >= 0.6 is 11.6 Å². The van der Waals surface area contributed by atoms with E-state index in [1.54, 1.807) is 12.1 Å². The van der Waals surface area contributed by atoms with Crippen molar-refractivity contribution in [2.75, 3.05) is 5.32 Å². The predicted molar refractivity (Wildman–Crippen MR) is 90.9 cm³/mol. The first-order valence-electron chi connectivity index (χ1n) is 7.61. The Morgan fingerprint density at radius 3 is 2.83 bits per heavy atom. The highest BCUT2D eigenvalue weighted by Gasteiger charge is 2.40. The minimum atomic E-state index is -0.300. The predicted octanol–water partition coefficient (Wildman–Crippen LogP) is 5.07. The summed E-state index contributed by atoms with van der Waals surface area (Å²) in [6.07, 6.45) is 5.26. The van der Waals surface area contributed by atoms with Crippen molar-refractivity contribution in [3.05, 3.63) is 80.9 Å². The van der Waals surface area contributed by atoms with Gasteiger partial charge in [0.15, 0.2) is 0 Å². The second kappa shape index (κ2) is 5.39. The van der Waals surface area contributed by atoms with Gasteiger partial charge < -0.3 is 5.32 Å². The van der Waals surface area contributed by atoms with Crippen molar-refractivity contribution in [3.63, 3.8) is 0 Å². The number of para-hydroxylation sites is 1. The molecular weight excluding hydrogens is 312 g/mol. The summed E-state index contributed by atoms with van der Waals surface area (Å²) in [5.41, 5.74) is 3.10. The maximum Gasteiger partial charge on any atom is 0.274 e. The van der Waals surface area contributed by atoms with Crippen LogP contribution in [0.15, 0.2) is 54.6 Å². The summed E-state index contributed by atoms with van der Waals surface area (Å²) in [5.74, 6) is 0.511. The van der Waals surface area contributed by atoms with E-state index < -0.39 is 0 Å². The zero-order valence-corrected chi connectivity index (χ0v) is 13.0. The highest BCUT2D eigenvalue weighted by molar-refractivity contribution is 6.30. The Hall–Kier alpha value is -2.33. The molecule has 1 heterocycles. The number of fused-ring (bicyclic) bond motifs is 3. The molecule has 4 nitrogen and oxygen atoms in total. The Labute approximate surface area is 138 Å². The van der Waals surface area contributed by atoms with Gasteiger partial charge in [0.1, 0.15) is 0 Å². The maximum absolute atomic E-state index is 11.4. The smallest absolute Gasteiger partial charge is 0.274 e. The first-order valence-corrected chi connectivity index (χ1v) is 7.99. The van der Waals surface area contributed by atoms with Gasteiger partial charge in [0.25, 0.3) is 5.69 Å². The maximum atomic E-state index is 11.4. The molecule has 3 atom stereocenters. The minimum absolute atomic E-state index is 0.0784. The highest BCUT2D eigenvalue weighted by Crippen LogP contribution is 2.51. The zero-order chi connectivity index (χ0) is 16.0. The van der Waals surface area contributed by atoms with Crippen LogP contribution in [0.25, 0.3) is 0 Å². The lowest BCUT2D eigenvalue weighted by Gasteiger charge is -2.37. The second-order valence-electron chi connectivity index (χ2n) is 6.02. The van der Waals surface area contributed by atoms with Crippen molar-refractivity contribution in [1.29, 1.82) is 0 Å². The Morgan fingerprint density at radius 2 is 2.00 bits per heavy atom. The number of allylic oxidation sites excluding steroid dienone is 2. The first-order chi connectivity index (χ1) is 11.1. The molecule has 0 radical (unpaired) electrons. The molecule has 5 heteroatoms. The van der Waals surface area contributed by atoms with Crippen LogP contribution in [-0.4, -0.2) is 4.92 Å². The van der Waals surface area contributed by atoms with Crippen LogP contribution in [0.1, 0.15) is 29.5 Å². The Bertz CT molecular complexity index is 818. The fraction of sp³-hybridized carbons (Fsp3) is 0.222. The third-order valence-electron chi connectivity index (χ3n) is 4.79. The van der Waals surface area contributed by atoms with E-state index in [0.29, 0.717) is 5.02 Å². The third-order valence-corrected chi connectivity index (χ3v) is 5.03. The van der Waals surface area contributed by atoms with E-state index in [2.05, 4.69) is 17.5 Å². The van der Waals surface area contributed by atoms with Crippen molar-refractivity contribution >= 4 is 23.0 Å². The van der Waals surface area contributed by atoms with Gasteiger partial charge in [-0.1, -0.05) is 42.0 Å². The fourth-order valence-electron chi connectivity index (χ4n) is 3.79. The molecule has 116 valence electrons. The number of benzene rings is 2. The van der Waals surface area contributed by atoms with Crippen molar-refractivity contribution < 1.29 is 4.92 Å². The summed E-state index contributed by atoms with van der Waals surface area (Å²) >= 11 is 6.15. The van der Waals surface area contributed by atoms with Gasteiger partial charge in [-0.25, -0.2) is 0 Å². The van der Waals surface area contributed by atoms with Gasteiger partial charge >= 0.3 is 0 Å². The van der Waals surface area contributed by atoms with E-state index in [1.165, 1.54) is 5.56 Å². The molecule has 0 bridgehead atoms. The normalized spacial score (nSPS) is 24.7. The molecule has 1 aliphatic carbocycles. The SMILES string of the molecule is O=[N+]([O-])c1ccccc1[C@@H]1Nc2ccc(Cl)cc2[C@@H]2C=CC[C@H]21. The van der Waals surface area contributed by atoms with Gasteiger partial charge in [0, 0.05) is 22.7 Å². The topological polar surface area (TPSA) is 55.2 Å². The summed E-state index contributed by atoms with van der Waals surface area (Å²) in [7, 11) is 0. The molecule has 1 N–H and O–H groups in total. The minimum Gasteiger partial charge on any atom is -0.377 e. The number of hydrogen-bond donors (Lipinski definition) is 1. The number of anilines is 1. The largest absolute Gasteiger partial charge is 0.377 e. The number of nitrogens with zero attached hydrogens (tertiary/aromatic N) is 1. The van der Waals surface area contributed by atoms with Crippen molar-refractivity contribution in [3.8, 4) is 0 Å². The van der Waals surface area contributed by atoms with E-state index in [0.717, 1.165) is 17.7 Å². The molecular formula is C18H15ClN2O2. The van der Waals surface area contributed by atoms with Crippen LogP contribution in [0, 0.1) is 16.0 Å². The summed E-state index contributed by atoms with van der Waals surface area (Å²) in [6, 6.07) is 12.7. The van der Waals surface area contributed by atoms with Gasteiger partial charge in [-0.3, -0.25) is 10.1 Å². The van der Waals surface area contributed by atoms with E-state index in [9.17, 15) is 10.1 Å². The lowest BCUT2D eigenvalue weighted by molar-refractivity contribution is -0.385. The number of nitro benzene ring substituents is 1. The zero-order valence-electron chi connectivity index (χ0n) is 12.3. The van der Waals surface area contributed by atoms with Crippen molar-refractivity contribution in [2.24, 2.45) is 5.92 Å². The fourth-order valence-corrected chi connectivity index (χ4v) is 3.97. The molecule has 0 saturated heterocycles. The molecule has 0 fully saturated rings. The number of nitro groups is 1. The van der Waals surface area contributed by atoms with Gasteiger partial charge in [-0.05, 0) is 36.1 Å². The van der Waals surface area contributed by atoms with E-state index >= 15 is 0 Å². The molecule has 23 heavy (non-hydrogen) atoms. The summed E-state index contributed by atoms with van der Waals surface area (Å²) in [6.45, 7) is 0. The average Bonchev–Trinajstić information content (AvgIpc) is 3.04. The van der Waals surface area contributed by atoms with Crippen molar-refractivity contribution in [2.45, 2.75) is 18.4 Å². The Kier molecular flexibility index (Phi) is 3.34. The Balaban J connectivity index is 1.83. The van der Waals surface area contributed by atoms with E-state index in [-0.39, 0.29) is 28.5 Å². The molecule has 4 rings (SSSR count). The van der Waals surface area contributed by atoms with Crippen LogP contribution in [0.3, 0.4) is 0 Å². The quantitative estimate of drug-likeness (QED) is 0.476. The van der Waals surface area contributed by atoms with Crippen LogP contribution in [0.5, 0.6) is 0 Å². The molecule has 0 aromatic heterocycles. The monoisotopic (exact) mass is 326 g/mol. The molecule has 1 aliphatic heterocycles. The number of halogens is 1. The van der Waals surface area contributed by atoms with Crippen LogP contribution in [0.2, 0.25) is 5.02 Å². The molecule has 2 aromatic rings. The molecule has 0 amide bonds. The summed E-state index contributed by atoms with van der Waals surface area (Å²) in [5, 5.41) is 15.6. The van der Waals surface area contributed by atoms with Crippen LogP contribution < -0.4 is 5.32 Å². The Morgan fingerprint density at radius 1 is 1.17 bits per heavy atom. The molecule has 2 aliphatic rings.